The molecule has 2 rings (SSSR count). The van der Waals surface area contributed by atoms with E-state index in [1.54, 1.807) is 7.11 Å². The summed E-state index contributed by atoms with van der Waals surface area (Å²) in [6.45, 7) is 6.60. The second kappa shape index (κ2) is 7.92. The van der Waals surface area contributed by atoms with Crippen molar-refractivity contribution in [3.63, 3.8) is 0 Å². The minimum Gasteiger partial charge on any atom is -0.497 e. The topological polar surface area (TPSA) is 12.5 Å². The first-order valence-electron chi connectivity index (χ1n) is 7.99. The molecular weight excluding hydrogens is 258 g/mol. The molecule has 2 nitrogen and oxygen atoms in total. The maximum absolute atomic E-state index is 5.23. The van der Waals surface area contributed by atoms with Crippen molar-refractivity contribution < 1.29 is 4.74 Å². The molecule has 0 amide bonds. The predicted octanol–water partition coefficient (Wildman–Crippen LogP) is 4.78. The minimum atomic E-state index is 0.669. The third-order valence-electron chi connectivity index (χ3n) is 3.97. The van der Waals surface area contributed by atoms with Gasteiger partial charge in [0.25, 0.3) is 0 Å². The van der Waals surface area contributed by atoms with Gasteiger partial charge in [0.1, 0.15) is 5.75 Å². The maximum Gasteiger partial charge on any atom is 0.118 e. The van der Waals surface area contributed by atoms with E-state index in [1.165, 1.54) is 24.1 Å². The van der Waals surface area contributed by atoms with Crippen LogP contribution in [0.2, 0.25) is 0 Å². The highest BCUT2D eigenvalue weighted by atomic mass is 16.5. The first-order valence-corrected chi connectivity index (χ1v) is 7.99. The van der Waals surface area contributed by atoms with Crippen LogP contribution in [0.4, 0.5) is 0 Å². The number of nitrogens with zero attached hydrogens (tertiary/aromatic N) is 1. The van der Waals surface area contributed by atoms with E-state index < -0.39 is 0 Å². The van der Waals surface area contributed by atoms with Gasteiger partial charge in [-0.1, -0.05) is 44.6 Å². The Kier molecular flexibility index (Phi) is 5.91. The quantitative estimate of drug-likeness (QED) is 0.715. The number of rotatable bonds is 7. The summed E-state index contributed by atoms with van der Waals surface area (Å²) in [5.41, 5.74) is 2.71. The van der Waals surface area contributed by atoms with Gasteiger partial charge in [-0.05, 0) is 42.5 Å². The molecule has 0 aliphatic heterocycles. The molecule has 0 saturated heterocycles. The Morgan fingerprint density at radius 1 is 1.24 bits per heavy atom. The number of benzene rings is 1. The third-order valence-corrected chi connectivity index (χ3v) is 3.97. The van der Waals surface area contributed by atoms with Crippen LogP contribution in [0, 0.1) is 5.92 Å². The lowest BCUT2D eigenvalue weighted by Crippen LogP contribution is -2.24. The molecule has 1 aromatic carbocycles. The molecule has 1 aromatic rings. The van der Waals surface area contributed by atoms with Crippen LogP contribution in [0.15, 0.2) is 48.2 Å². The SMILES string of the molecule is CCCCN(Cc1ccc(OC)cc1)C1=CCC(C)C=C1. The molecule has 1 aliphatic rings. The number of ether oxygens (including phenoxy) is 1. The summed E-state index contributed by atoms with van der Waals surface area (Å²) in [5, 5.41) is 0. The summed E-state index contributed by atoms with van der Waals surface area (Å²) in [5.74, 6) is 1.59. The normalized spacial score (nSPS) is 17.5. The van der Waals surface area contributed by atoms with E-state index in [9.17, 15) is 0 Å². The zero-order valence-electron chi connectivity index (χ0n) is 13.5. The van der Waals surface area contributed by atoms with Crippen molar-refractivity contribution in [2.45, 2.75) is 39.7 Å². The van der Waals surface area contributed by atoms with Crippen LogP contribution in [-0.4, -0.2) is 18.6 Å². The summed E-state index contributed by atoms with van der Waals surface area (Å²) in [6, 6.07) is 8.40. The van der Waals surface area contributed by atoms with Gasteiger partial charge >= 0.3 is 0 Å². The summed E-state index contributed by atoms with van der Waals surface area (Å²) in [6.07, 6.45) is 10.6. The highest BCUT2D eigenvalue weighted by Crippen LogP contribution is 2.22. The van der Waals surface area contributed by atoms with E-state index in [1.807, 2.05) is 12.1 Å². The fourth-order valence-corrected chi connectivity index (χ4v) is 2.55. The molecule has 0 N–H and O–H groups in total. The Hall–Kier alpha value is -1.70. The summed E-state index contributed by atoms with van der Waals surface area (Å²) in [7, 11) is 1.71. The zero-order chi connectivity index (χ0) is 15.1. The molecule has 0 heterocycles. The van der Waals surface area contributed by atoms with Crippen molar-refractivity contribution in [2.24, 2.45) is 5.92 Å². The van der Waals surface area contributed by atoms with E-state index in [0.717, 1.165) is 25.3 Å². The van der Waals surface area contributed by atoms with Crippen LogP contribution in [-0.2, 0) is 6.54 Å². The zero-order valence-corrected chi connectivity index (χ0v) is 13.5. The van der Waals surface area contributed by atoms with Gasteiger partial charge in [0.2, 0.25) is 0 Å². The van der Waals surface area contributed by atoms with E-state index >= 15 is 0 Å². The molecule has 0 spiro atoms. The lowest BCUT2D eigenvalue weighted by Gasteiger charge is -2.28. The Morgan fingerprint density at radius 3 is 2.57 bits per heavy atom. The van der Waals surface area contributed by atoms with Crippen molar-refractivity contribution in [3.05, 3.63) is 53.8 Å². The van der Waals surface area contributed by atoms with Crippen LogP contribution < -0.4 is 4.74 Å². The molecule has 1 unspecified atom stereocenters. The van der Waals surface area contributed by atoms with Crippen LogP contribution in [0.3, 0.4) is 0 Å². The average molecular weight is 285 g/mol. The van der Waals surface area contributed by atoms with Crippen molar-refractivity contribution in [1.29, 1.82) is 0 Å². The smallest absolute Gasteiger partial charge is 0.118 e. The average Bonchev–Trinajstić information content (AvgIpc) is 2.53. The van der Waals surface area contributed by atoms with Crippen molar-refractivity contribution in [2.75, 3.05) is 13.7 Å². The summed E-state index contributed by atoms with van der Waals surface area (Å²) >= 11 is 0. The van der Waals surface area contributed by atoms with Crippen LogP contribution in [0.1, 0.15) is 38.7 Å². The fraction of sp³-hybridized carbons (Fsp3) is 0.474. The van der Waals surface area contributed by atoms with Crippen LogP contribution in [0.5, 0.6) is 5.75 Å². The monoisotopic (exact) mass is 285 g/mol. The van der Waals surface area contributed by atoms with E-state index in [2.05, 4.69) is 49.1 Å². The highest BCUT2D eigenvalue weighted by molar-refractivity contribution is 5.29. The summed E-state index contributed by atoms with van der Waals surface area (Å²) in [4.78, 5) is 2.49. The first-order chi connectivity index (χ1) is 10.2. The molecule has 0 bridgehead atoms. The highest BCUT2D eigenvalue weighted by Gasteiger charge is 2.11. The van der Waals surface area contributed by atoms with Gasteiger partial charge in [0.15, 0.2) is 0 Å². The third kappa shape index (κ3) is 4.66. The van der Waals surface area contributed by atoms with Crippen LogP contribution >= 0.6 is 0 Å². The van der Waals surface area contributed by atoms with Gasteiger partial charge in [0.05, 0.1) is 7.11 Å². The van der Waals surface area contributed by atoms with Gasteiger partial charge < -0.3 is 9.64 Å². The standard InChI is InChI=1S/C19H27NO/c1-4-5-14-20(18-10-6-16(2)7-11-18)15-17-8-12-19(21-3)13-9-17/h6,8-13,16H,4-5,7,14-15H2,1-3H3. The molecule has 0 saturated carbocycles. The second-order valence-corrected chi connectivity index (χ2v) is 5.82. The Balaban J connectivity index is 2.06. The van der Waals surface area contributed by atoms with Gasteiger partial charge in [0, 0.05) is 18.8 Å². The largest absolute Gasteiger partial charge is 0.497 e. The lowest BCUT2D eigenvalue weighted by molar-refractivity contribution is 0.336. The van der Waals surface area contributed by atoms with Crippen molar-refractivity contribution >= 4 is 0 Å². The molecular formula is C19H27NO. The summed E-state index contributed by atoms with van der Waals surface area (Å²) < 4.78 is 5.23. The molecule has 21 heavy (non-hydrogen) atoms. The van der Waals surface area contributed by atoms with E-state index in [4.69, 9.17) is 4.74 Å². The maximum atomic E-state index is 5.23. The van der Waals surface area contributed by atoms with E-state index in [-0.39, 0.29) is 0 Å². The molecule has 2 heteroatoms. The molecule has 1 aliphatic carbocycles. The molecule has 114 valence electrons. The predicted molar refractivity (Wildman–Crippen MR) is 89.3 cm³/mol. The molecule has 0 fully saturated rings. The van der Waals surface area contributed by atoms with Gasteiger partial charge in [-0.3, -0.25) is 0 Å². The second-order valence-electron chi connectivity index (χ2n) is 5.82. The number of hydrogen-bond donors (Lipinski definition) is 0. The number of methoxy groups -OCH3 is 1. The Labute approximate surface area is 129 Å². The molecule has 1 atom stereocenters. The van der Waals surface area contributed by atoms with E-state index in [0.29, 0.717) is 5.92 Å². The number of hydrogen-bond acceptors (Lipinski definition) is 2. The fourth-order valence-electron chi connectivity index (χ4n) is 2.55. The minimum absolute atomic E-state index is 0.669. The Bertz CT molecular complexity index is 487. The van der Waals surface area contributed by atoms with Gasteiger partial charge in [-0.15, -0.1) is 0 Å². The van der Waals surface area contributed by atoms with Gasteiger partial charge in [-0.25, -0.2) is 0 Å². The van der Waals surface area contributed by atoms with Crippen LogP contribution in [0.25, 0.3) is 0 Å². The molecule has 0 radical (unpaired) electrons. The Morgan fingerprint density at radius 2 is 2.00 bits per heavy atom. The lowest BCUT2D eigenvalue weighted by atomic mass is 10.0. The number of allylic oxidation sites excluding steroid dienone is 3. The first kappa shape index (κ1) is 15.7. The van der Waals surface area contributed by atoms with Crippen molar-refractivity contribution in [3.8, 4) is 5.75 Å². The molecule has 0 aromatic heterocycles. The van der Waals surface area contributed by atoms with Crippen molar-refractivity contribution in [1.82, 2.24) is 4.90 Å². The number of unbranched alkanes of at least 4 members (excludes halogenated alkanes) is 1. The van der Waals surface area contributed by atoms with Gasteiger partial charge in [-0.2, -0.15) is 0 Å².